The van der Waals surface area contributed by atoms with E-state index in [2.05, 4.69) is 58.5 Å². The molecule has 1 aromatic rings. The van der Waals surface area contributed by atoms with Gasteiger partial charge < -0.3 is 5.32 Å². The molecule has 0 saturated carbocycles. The summed E-state index contributed by atoms with van der Waals surface area (Å²) < 4.78 is 1.15. The minimum absolute atomic E-state index is 0.404. The molecule has 2 heteroatoms. The Morgan fingerprint density at radius 3 is 2.67 bits per heavy atom. The Kier molecular flexibility index (Phi) is 5.45. The molecule has 1 N–H and O–H groups in total. The lowest BCUT2D eigenvalue weighted by Gasteiger charge is -2.21. The number of halogens is 1. The third-order valence-electron chi connectivity index (χ3n) is 3.56. The summed E-state index contributed by atoms with van der Waals surface area (Å²) in [5.41, 5.74) is 2.96. The SMILES string of the molecule is CCNC(C1=CCCCCC1)c1ccc(Br)cc1. The van der Waals surface area contributed by atoms with Crippen molar-refractivity contribution in [3.05, 3.63) is 46.0 Å². The fraction of sp³-hybridized carbons (Fsp3) is 0.500. The minimum Gasteiger partial charge on any atom is -0.307 e. The highest BCUT2D eigenvalue weighted by Crippen LogP contribution is 2.29. The molecule has 1 unspecified atom stereocenters. The van der Waals surface area contributed by atoms with Crippen LogP contribution >= 0.6 is 15.9 Å². The largest absolute Gasteiger partial charge is 0.307 e. The molecule has 0 saturated heterocycles. The van der Waals surface area contributed by atoms with Gasteiger partial charge in [0.05, 0.1) is 6.04 Å². The zero-order valence-electron chi connectivity index (χ0n) is 11.1. The highest BCUT2D eigenvalue weighted by molar-refractivity contribution is 9.10. The third kappa shape index (κ3) is 3.69. The van der Waals surface area contributed by atoms with E-state index in [1.54, 1.807) is 5.57 Å². The van der Waals surface area contributed by atoms with Gasteiger partial charge in [-0.1, -0.05) is 53.1 Å². The van der Waals surface area contributed by atoms with Gasteiger partial charge in [0.25, 0.3) is 0 Å². The Bertz CT molecular complexity index is 394. The Hall–Kier alpha value is -0.600. The van der Waals surface area contributed by atoms with Crippen LogP contribution in [0.15, 0.2) is 40.4 Å². The molecule has 1 aromatic carbocycles. The van der Waals surface area contributed by atoms with E-state index in [0.717, 1.165) is 11.0 Å². The fourth-order valence-electron chi connectivity index (χ4n) is 2.62. The quantitative estimate of drug-likeness (QED) is 0.773. The number of allylic oxidation sites excluding steroid dienone is 1. The van der Waals surface area contributed by atoms with Crippen molar-refractivity contribution in [2.45, 2.75) is 45.1 Å². The standard InChI is InChI=1S/C16H22BrN/c1-2-18-16(13-7-5-3-4-6-8-13)14-9-11-15(17)12-10-14/h7,9-12,16,18H,2-6,8H2,1H3. The van der Waals surface area contributed by atoms with Gasteiger partial charge in [-0.2, -0.15) is 0 Å². The van der Waals surface area contributed by atoms with Crippen LogP contribution in [0, 0.1) is 0 Å². The number of likely N-dealkylation sites (N-methyl/N-ethyl adjacent to an activating group) is 1. The molecule has 1 nitrogen and oxygen atoms in total. The summed E-state index contributed by atoms with van der Waals surface area (Å²) in [7, 11) is 0. The smallest absolute Gasteiger partial charge is 0.0535 e. The Morgan fingerprint density at radius 2 is 1.94 bits per heavy atom. The summed E-state index contributed by atoms with van der Waals surface area (Å²) in [6.07, 6.45) is 9.01. The molecule has 0 aromatic heterocycles. The van der Waals surface area contributed by atoms with Crippen LogP contribution in [0.2, 0.25) is 0 Å². The number of rotatable bonds is 4. The van der Waals surface area contributed by atoms with Crippen molar-refractivity contribution in [3.63, 3.8) is 0 Å². The molecule has 0 aliphatic heterocycles. The molecule has 1 atom stereocenters. The molecule has 0 spiro atoms. The lowest BCUT2D eigenvalue weighted by Crippen LogP contribution is -2.22. The fourth-order valence-corrected chi connectivity index (χ4v) is 2.89. The molecule has 0 bridgehead atoms. The second kappa shape index (κ2) is 7.10. The van der Waals surface area contributed by atoms with Crippen LogP contribution in [-0.2, 0) is 0 Å². The highest BCUT2D eigenvalue weighted by atomic mass is 79.9. The molecular weight excluding hydrogens is 286 g/mol. The van der Waals surface area contributed by atoms with E-state index in [0.29, 0.717) is 6.04 Å². The summed E-state index contributed by atoms with van der Waals surface area (Å²) in [4.78, 5) is 0. The highest BCUT2D eigenvalue weighted by Gasteiger charge is 2.16. The first-order chi connectivity index (χ1) is 8.81. The zero-order chi connectivity index (χ0) is 12.8. The number of benzene rings is 1. The monoisotopic (exact) mass is 307 g/mol. The first kappa shape index (κ1) is 13.8. The molecule has 98 valence electrons. The van der Waals surface area contributed by atoms with Crippen LogP contribution in [0.5, 0.6) is 0 Å². The first-order valence-electron chi connectivity index (χ1n) is 6.99. The van der Waals surface area contributed by atoms with Gasteiger partial charge in [-0.25, -0.2) is 0 Å². The Morgan fingerprint density at radius 1 is 1.17 bits per heavy atom. The molecule has 0 heterocycles. The van der Waals surface area contributed by atoms with Gasteiger partial charge in [0, 0.05) is 4.47 Å². The summed E-state index contributed by atoms with van der Waals surface area (Å²) in [5, 5.41) is 3.63. The van der Waals surface area contributed by atoms with E-state index in [1.807, 2.05) is 0 Å². The lowest BCUT2D eigenvalue weighted by atomic mass is 9.95. The minimum atomic E-state index is 0.404. The number of nitrogens with one attached hydrogen (secondary N) is 1. The van der Waals surface area contributed by atoms with E-state index in [4.69, 9.17) is 0 Å². The van der Waals surface area contributed by atoms with Gasteiger partial charge in [-0.3, -0.25) is 0 Å². The second-order valence-corrected chi connectivity index (χ2v) is 5.84. The number of hydrogen-bond donors (Lipinski definition) is 1. The van der Waals surface area contributed by atoms with Crippen LogP contribution in [0.3, 0.4) is 0 Å². The predicted molar refractivity (Wildman–Crippen MR) is 81.7 cm³/mol. The van der Waals surface area contributed by atoms with Crippen LogP contribution in [0.1, 0.15) is 50.6 Å². The van der Waals surface area contributed by atoms with Crippen LogP contribution in [0.4, 0.5) is 0 Å². The van der Waals surface area contributed by atoms with Gasteiger partial charge in [-0.15, -0.1) is 0 Å². The van der Waals surface area contributed by atoms with Crippen molar-refractivity contribution in [1.82, 2.24) is 5.32 Å². The first-order valence-corrected chi connectivity index (χ1v) is 7.78. The summed E-state index contributed by atoms with van der Waals surface area (Å²) in [6, 6.07) is 9.13. The summed E-state index contributed by atoms with van der Waals surface area (Å²) >= 11 is 3.51. The summed E-state index contributed by atoms with van der Waals surface area (Å²) in [6.45, 7) is 3.20. The molecule has 0 fully saturated rings. The van der Waals surface area contributed by atoms with Crippen LogP contribution in [0.25, 0.3) is 0 Å². The van der Waals surface area contributed by atoms with Gasteiger partial charge in [0.15, 0.2) is 0 Å². The Balaban J connectivity index is 2.21. The topological polar surface area (TPSA) is 12.0 Å². The molecule has 0 radical (unpaired) electrons. The van der Waals surface area contributed by atoms with Crippen molar-refractivity contribution in [2.75, 3.05) is 6.54 Å². The molecule has 1 aliphatic carbocycles. The molecule has 18 heavy (non-hydrogen) atoms. The van der Waals surface area contributed by atoms with Crippen LogP contribution in [-0.4, -0.2) is 6.54 Å². The summed E-state index contributed by atoms with van der Waals surface area (Å²) in [5.74, 6) is 0. The molecule has 2 rings (SSSR count). The molecule has 0 amide bonds. The van der Waals surface area contributed by atoms with Gasteiger partial charge in [0.1, 0.15) is 0 Å². The average molecular weight is 308 g/mol. The maximum atomic E-state index is 3.63. The average Bonchev–Trinajstić information content (AvgIpc) is 2.66. The maximum Gasteiger partial charge on any atom is 0.0535 e. The van der Waals surface area contributed by atoms with Gasteiger partial charge >= 0.3 is 0 Å². The zero-order valence-corrected chi connectivity index (χ0v) is 12.7. The molecule has 1 aliphatic rings. The Labute approximate surface area is 119 Å². The second-order valence-electron chi connectivity index (χ2n) is 4.92. The van der Waals surface area contributed by atoms with Gasteiger partial charge in [-0.05, 0) is 49.9 Å². The van der Waals surface area contributed by atoms with E-state index < -0.39 is 0 Å². The van der Waals surface area contributed by atoms with Crippen molar-refractivity contribution in [3.8, 4) is 0 Å². The van der Waals surface area contributed by atoms with Crippen molar-refractivity contribution < 1.29 is 0 Å². The van der Waals surface area contributed by atoms with E-state index in [9.17, 15) is 0 Å². The number of hydrogen-bond acceptors (Lipinski definition) is 1. The van der Waals surface area contributed by atoms with Crippen molar-refractivity contribution in [1.29, 1.82) is 0 Å². The lowest BCUT2D eigenvalue weighted by molar-refractivity contribution is 0.589. The third-order valence-corrected chi connectivity index (χ3v) is 4.09. The predicted octanol–water partition coefficient (Wildman–Crippen LogP) is 4.99. The van der Waals surface area contributed by atoms with E-state index in [-0.39, 0.29) is 0 Å². The van der Waals surface area contributed by atoms with E-state index >= 15 is 0 Å². The van der Waals surface area contributed by atoms with Crippen LogP contribution < -0.4 is 5.32 Å². The normalized spacial score (nSPS) is 18.0. The van der Waals surface area contributed by atoms with Crippen molar-refractivity contribution in [2.24, 2.45) is 0 Å². The van der Waals surface area contributed by atoms with Gasteiger partial charge in [0.2, 0.25) is 0 Å². The maximum absolute atomic E-state index is 3.63. The van der Waals surface area contributed by atoms with E-state index in [1.165, 1.54) is 37.7 Å². The van der Waals surface area contributed by atoms with Crippen molar-refractivity contribution >= 4 is 15.9 Å². The molecular formula is C16H22BrN.